The van der Waals surface area contributed by atoms with Crippen molar-refractivity contribution in [2.75, 3.05) is 45.3 Å². The highest BCUT2D eigenvalue weighted by Gasteiger charge is 2.47. The number of β-amino-alcohol motifs (C(OH)–C–C–N with tert-alkyl or cyclic N) is 2. The summed E-state index contributed by atoms with van der Waals surface area (Å²) in [4.78, 5) is 41.2. The highest BCUT2D eigenvalue weighted by atomic mass is 19.4. The van der Waals surface area contributed by atoms with Gasteiger partial charge in [-0.15, -0.1) is 0 Å². The third kappa shape index (κ3) is 6.60. The molecule has 2 aromatic carbocycles. The van der Waals surface area contributed by atoms with Gasteiger partial charge in [0.25, 0.3) is 5.91 Å². The molecule has 1 saturated heterocycles. The Morgan fingerprint density at radius 1 is 1.07 bits per heavy atom. The van der Waals surface area contributed by atoms with E-state index >= 15 is 0 Å². The number of esters is 1. The Bertz CT molecular complexity index is 1550. The highest BCUT2D eigenvalue weighted by Crippen LogP contribution is 2.43. The summed E-state index contributed by atoms with van der Waals surface area (Å²) in [5, 5.41) is 31.7. The lowest BCUT2D eigenvalue weighted by molar-refractivity contribution is -0.210. The molecule has 2 aliphatic rings. The number of halogens is 3. The quantitative estimate of drug-likeness (QED) is 0.235. The van der Waals surface area contributed by atoms with Gasteiger partial charge >= 0.3 is 12.1 Å². The molecule has 46 heavy (non-hydrogen) atoms. The number of aliphatic hydroxyl groups is 2. The summed E-state index contributed by atoms with van der Waals surface area (Å²) in [6, 6.07) is 5.53. The smallest absolute Gasteiger partial charge is 0.491 e. The monoisotopic (exact) mass is 650 g/mol. The SMILES string of the molecule is CCOc1cc2c(cc1C(=O)NC)C(=N)N(CC(=O)c1cc(N3CC(O)C(O)C3)c(OC)c(C(C)(C)C)c1)C2OC(=O)C(F)(F)F. The van der Waals surface area contributed by atoms with E-state index in [-0.39, 0.29) is 47.7 Å². The molecule has 2 aromatic rings. The molecule has 0 saturated carbocycles. The molecule has 4 rings (SSSR count). The lowest BCUT2D eigenvalue weighted by atomic mass is 9.84. The second-order valence-electron chi connectivity index (χ2n) is 12.0. The molecule has 1 amide bonds. The van der Waals surface area contributed by atoms with E-state index in [9.17, 15) is 37.8 Å². The van der Waals surface area contributed by atoms with Crippen LogP contribution in [0.3, 0.4) is 0 Å². The number of fused-ring (bicyclic) bond motifs is 1. The van der Waals surface area contributed by atoms with Gasteiger partial charge in [0, 0.05) is 42.4 Å². The number of nitrogens with one attached hydrogen (secondary N) is 2. The Morgan fingerprint density at radius 2 is 1.70 bits per heavy atom. The first-order valence-corrected chi connectivity index (χ1v) is 14.5. The molecule has 4 N–H and O–H groups in total. The van der Waals surface area contributed by atoms with Crippen molar-refractivity contribution in [2.24, 2.45) is 0 Å². The number of alkyl halides is 3. The molecular formula is C31H37F3N4O8. The number of carbonyl (C=O) groups is 3. The van der Waals surface area contributed by atoms with E-state index in [2.05, 4.69) is 5.32 Å². The van der Waals surface area contributed by atoms with Gasteiger partial charge in [-0.1, -0.05) is 20.8 Å². The maximum atomic E-state index is 13.9. The predicted molar refractivity (Wildman–Crippen MR) is 160 cm³/mol. The molecule has 0 spiro atoms. The number of rotatable bonds is 9. The summed E-state index contributed by atoms with van der Waals surface area (Å²) in [6.07, 6.45) is -9.31. The van der Waals surface area contributed by atoms with Crippen molar-refractivity contribution in [1.29, 1.82) is 5.41 Å². The zero-order chi connectivity index (χ0) is 34.3. The van der Waals surface area contributed by atoms with Crippen molar-refractivity contribution in [3.63, 3.8) is 0 Å². The zero-order valence-corrected chi connectivity index (χ0v) is 26.2. The topological polar surface area (TPSA) is 162 Å². The van der Waals surface area contributed by atoms with Crippen LogP contribution in [0.15, 0.2) is 24.3 Å². The number of aliphatic hydroxyl groups excluding tert-OH is 2. The average Bonchev–Trinajstić information content (AvgIpc) is 3.45. The van der Waals surface area contributed by atoms with E-state index in [4.69, 9.17) is 19.6 Å². The van der Waals surface area contributed by atoms with Crippen LogP contribution in [-0.4, -0.2) is 97.4 Å². The molecule has 0 bridgehead atoms. The minimum Gasteiger partial charge on any atom is -0.494 e. The molecule has 2 aliphatic heterocycles. The number of ketones is 1. The van der Waals surface area contributed by atoms with Crippen LogP contribution in [0.1, 0.15) is 71.3 Å². The standard InChI is InChI=1S/C31H37F3N4O8/c1-7-45-24-11-17-16(10-18(24)27(42)36-5)26(35)38(28(17)46-29(43)31(32,33)34)14-21(39)15-8-19(30(2,3)4)25(44-6)20(9-15)37-12-22(40)23(41)13-37/h8-11,22-23,28,35,40-41H,7,12-14H2,1-6H3,(H,36,42). The lowest BCUT2D eigenvalue weighted by Gasteiger charge is -2.29. The Morgan fingerprint density at radius 3 is 2.22 bits per heavy atom. The van der Waals surface area contributed by atoms with Crippen LogP contribution in [0.2, 0.25) is 0 Å². The molecular weight excluding hydrogens is 613 g/mol. The first-order valence-electron chi connectivity index (χ1n) is 14.5. The van der Waals surface area contributed by atoms with E-state index in [0.29, 0.717) is 17.0 Å². The van der Waals surface area contributed by atoms with Crippen LogP contribution in [0, 0.1) is 5.41 Å². The van der Waals surface area contributed by atoms with Crippen LogP contribution in [0.4, 0.5) is 18.9 Å². The van der Waals surface area contributed by atoms with Crippen molar-refractivity contribution < 1.29 is 52.0 Å². The van der Waals surface area contributed by atoms with Crippen molar-refractivity contribution in [3.05, 3.63) is 52.1 Å². The van der Waals surface area contributed by atoms with Gasteiger partial charge in [0.05, 0.1) is 43.7 Å². The molecule has 15 heteroatoms. The summed E-state index contributed by atoms with van der Waals surface area (Å²) < 4.78 is 56.2. The number of benzene rings is 2. The van der Waals surface area contributed by atoms with E-state index in [1.54, 1.807) is 17.9 Å². The number of nitrogens with zero attached hydrogens (tertiary/aromatic N) is 2. The van der Waals surface area contributed by atoms with Crippen molar-refractivity contribution >= 4 is 29.2 Å². The summed E-state index contributed by atoms with van der Waals surface area (Å²) in [5.41, 5.74) is 0.431. The highest BCUT2D eigenvalue weighted by molar-refractivity contribution is 6.08. The molecule has 12 nitrogen and oxygen atoms in total. The van der Waals surface area contributed by atoms with Gasteiger partial charge in [-0.05, 0) is 36.6 Å². The van der Waals surface area contributed by atoms with Crippen LogP contribution < -0.4 is 19.7 Å². The molecule has 250 valence electrons. The Hall–Kier alpha value is -4.37. The molecule has 0 aromatic heterocycles. The molecule has 2 heterocycles. The third-order valence-corrected chi connectivity index (χ3v) is 7.78. The number of hydrogen-bond donors (Lipinski definition) is 4. The number of ether oxygens (including phenoxy) is 3. The maximum Gasteiger partial charge on any atom is 0.491 e. The number of methoxy groups -OCH3 is 1. The zero-order valence-electron chi connectivity index (χ0n) is 26.2. The van der Waals surface area contributed by atoms with Crippen molar-refractivity contribution in [1.82, 2.24) is 10.2 Å². The fourth-order valence-electron chi connectivity index (χ4n) is 5.48. The lowest BCUT2D eigenvalue weighted by Crippen LogP contribution is -2.38. The molecule has 0 aliphatic carbocycles. The first kappa shape index (κ1) is 34.5. The molecule has 3 atom stereocenters. The normalized spacial score (nSPS) is 19.6. The fraction of sp³-hybridized carbons (Fsp3) is 0.484. The maximum absolute atomic E-state index is 13.9. The largest absolute Gasteiger partial charge is 0.494 e. The van der Waals surface area contributed by atoms with Gasteiger partial charge < -0.3 is 39.5 Å². The van der Waals surface area contributed by atoms with Gasteiger partial charge in [0.15, 0.2) is 5.78 Å². The van der Waals surface area contributed by atoms with E-state index in [1.165, 1.54) is 32.4 Å². The van der Waals surface area contributed by atoms with Crippen LogP contribution >= 0.6 is 0 Å². The van der Waals surface area contributed by atoms with E-state index in [1.807, 2.05) is 20.8 Å². The van der Waals surface area contributed by atoms with Crippen LogP contribution in [0.25, 0.3) is 0 Å². The minimum absolute atomic E-state index is 0.00784. The number of anilines is 1. The average molecular weight is 651 g/mol. The molecule has 1 fully saturated rings. The Kier molecular flexibility index (Phi) is 9.59. The van der Waals surface area contributed by atoms with Gasteiger partial charge in [-0.2, -0.15) is 13.2 Å². The van der Waals surface area contributed by atoms with Gasteiger partial charge in [0.1, 0.15) is 17.3 Å². The predicted octanol–water partition coefficient (Wildman–Crippen LogP) is 2.92. The molecule has 3 unspecified atom stereocenters. The summed E-state index contributed by atoms with van der Waals surface area (Å²) in [5.74, 6) is -3.82. The first-order chi connectivity index (χ1) is 21.4. The number of carbonyl (C=O) groups excluding carboxylic acids is 3. The summed E-state index contributed by atoms with van der Waals surface area (Å²) in [7, 11) is 2.82. The minimum atomic E-state index is -5.37. The van der Waals surface area contributed by atoms with Crippen molar-refractivity contribution in [2.45, 2.75) is 57.7 Å². The fourth-order valence-corrected chi connectivity index (χ4v) is 5.48. The van der Waals surface area contributed by atoms with E-state index in [0.717, 1.165) is 4.90 Å². The number of amidine groups is 1. The van der Waals surface area contributed by atoms with Gasteiger partial charge in [-0.3, -0.25) is 15.0 Å². The second-order valence-corrected chi connectivity index (χ2v) is 12.0. The number of amides is 1. The summed E-state index contributed by atoms with van der Waals surface area (Å²) in [6.45, 7) is 6.79. The van der Waals surface area contributed by atoms with E-state index < -0.39 is 60.1 Å². The van der Waals surface area contributed by atoms with Crippen LogP contribution in [0.5, 0.6) is 11.5 Å². The van der Waals surface area contributed by atoms with Crippen molar-refractivity contribution in [3.8, 4) is 11.5 Å². The Labute approximate surface area is 263 Å². The summed E-state index contributed by atoms with van der Waals surface area (Å²) >= 11 is 0. The second kappa shape index (κ2) is 12.8. The van der Waals surface area contributed by atoms with Gasteiger partial charge in [-0.25, -0.2) is 4.79 Å². The molecule has 0 radical (unpaired) electrons. The number of Topliss-reactive ketones (excluding diaryl/α,β-unsaturated/α-hetero) is 1. The Balaban J connectivity index is 1.81. The van der Waals surface area contributed by atoms with Crippen LogP contribution in [-0.2, 0) is 14.9 Å². The van der Waals surface area contributed by atoms with Gasteiger partial charge in [0.2, 0.25) is 6.23 Å². The number of hydrogen-bond acceptors (Lipinski definition) is 10. The third-order valence-electron chi connectivity index (χ3n) is 7.78.